The molecule has 0 aliphatic rings. The second kappa shape index (κ2) is 11.0. The zero-order valence-corrected chi connectivity index (χ0v) is 17.0. The molecule has 0 aliphatic heterocycles. The fraction of sp³-hybridized carbons (Fsp3) is 0.231. The number of fused-ring (bicyclic) bond motifs is 1. The van der Waals surface area contributed by atoms with Gasteiger partial charge in [0.2, 0.25) is 5.91 Å². The van der Waals surface area contributed by atoms with Crippen molar-refractivity contribution in [1.29, 1.82) is 0 Å². The minimum atomic E-state index is -1.04. The molecule has 0 spiro atoms. The first-order valence-corrected chi connectivity index (χ1v) is 10.4. The predicted octanol–water partition coefficient (Wildman–Crippen LogP) is 6.53. The maximum Gasteiger partial charge on any atom is 0.337 e. The Morgan fingerprint density at radius 3 is 2.40 bits per heavy atom. The van der Waals surface area contributed by atoms with Crippen LogP contribution in [0.15, 0.2) is 72.8 Å². The van der Waals surface area contributed by atoms with Crippen molar-refractivity contribution in [2.75, 3.05) is 5.32 Å². The van der Waals surface area contributed by atoms with E-state index in [0.29, 0.717) is 12.1 Å². The fourth-order valence-corrected chi connectivity index (χ4v) is 3.42. The molecule has 0 saturated carbocycles. The molecule has 2 N–H and O–H groups in total. The van der Waals surface area contributed by atoms with Gasteiger partial charge in [0.25, 0.3) is 0 Å². The molecule has 3 aromatic rings. The zero-order valence-electron chi connectivity index (χ0n) is 17.0. The molecule has 0 aliphatic carbocycles. The number of hydrogen-bond acceptors (Lipinski definition) is 2. The molecule has 30 heavy (non-hydrogen) atoms. The van der Waals surface area contributed by atoms with Crippen LogP contribution in [0.25, 0.3) is 16.8 Å². The summed E-state index contributed by atoms with van der Waals surface area (Å²) in [6.45, 7) is 0. The number of amides is 1. The van der Waals surface area contributed by atoms with Crippen LogP contribution in [0.3, 0.4) is 0 Å². The Morgan fingerprint density at radius 2 is 1.57 bits per heavy atom. The lowest BCUT2D eigenvalue weighted by molar-refractivity contribution is -0.116. The van der Waals surface area contributed by atoms with Crippen LogP contribution in [0.2, 0.25) is 0 Å². The normalized spacial score (nSPS) is 11.1. The molecule has 0 saturated heterocycles. The number of aromatic carboxylic acids is 1. The number of hydrogen-bond donors (Lipinski definition) is 2. The zero-order chi connectivity index (χ0) is 21.2. The average Bonchev–Trinajstić information content (AvgIpc) is 2.75. The summed E-state index contributed by atoms with van der Waals surface area (Å²) in [5, 5.41) is 14.4. The van der Waals surface area contributed by atoms with E-state index in [0.717, 1.165) is 32.1 Å². The molecule has 3 rings (SSSR count). The Labute approximate surface area is 177 Å². The minimum absolute atomic E-state index is 0.115. The van der Waals surface area contributed by atoms with E-state index in [1.165, 1.54) is 22.4 Å². The standard InChI is InChI=1S/C26H27NO3/c28-25(27-24-15-10-9-14-23(24)26(29)30)16-6-4-2-1-3-5-11-20-17-18-21-12-7-8-13-22(21)19-20/h5,7-15,17-19H,1-4,6,16H2,(H,27,28)(H,29,30). The Balaban J connectivity index is 1.32. The molecule has 0 bridgehead atoms. The van der Waals surface area contributed by atoms with Crippen LogP contribution >= 0.6 is 0 Å². The van der Waals surface area contributed by atoms with E-state index >= 15 is 0 Å². The second-order valence-electron chi connectivity index (χ2n) is 7.36. The van der Waals surface area contributed by atoms with Gasteiger partial charge < -0.3 is 10.4 Å². The molecule has 1 amide bonds. The Kier molecular flexibility index (Phi) is 7.78. The lowest BCUT2D eigenvalue weighted by atomic mass is 10.1. The Bertz CT molecular complexity index is 1040. The summed E-state index contributed by atoms with van der Waals surface area (Å²) in [4.78, 5) is 23.2. The van der Waals surface area contributed by atoms with E-state index in [9.17, 15) is 9.59 Å². The summed E-state index contributed by atoms with van der Waals surface area (Å²) in [7, 11) is 0. The fourth-order valence-electron chi connectivity index (χ4n) is 3.42. The van der Waals surface area contributed by atoms with Crippen molar-refractivity contribution >= 4 is 34.4 Å². The molecule has 0 atom stereocenters. The number of unbranched alkanes of at least 4 members (excludes halogenated alkanes) is 4. The summed E-state index contributed by atoms with van der Waals surface area (Å²) < 4.78 is 0. The number of benzene rings is 3. The van der Waals surface area contributed by atoms with Crippen LogP contribution in [0.4, 0.5) is 5.69 Å². The highest BCUT2D eigenvalue weighted by atomic mass is 16.4. The topological polar surface area (TPSA) is 66.4 Å². The van der Waals surface area contributed by atoms with Gasteiger partial charge in [-0.15, -0.1) is 0 Å². The number of nitrogens with one attached hydrogen (secondary N) is 1. The maximum atomic E-state index is 12.1. The highest BCUT2D eigenvalue weighted by molar-refractivity contribution is 6.00. The highest BCUT2D eigenvalue weighted by Gasteiger charge is 2.11. The highest BCUT2D eigenvalue weighted by Crippen LogP contribution is 2.18. The van der Waals surface area contributed by atoms with E-state index in [1.807, 2.05) is 0 Å². The third-order valence-electron chi connectivity index (χ3n) is 5.04. The largest absolute Gasteiger partial charge is 0.478 e. The monoisotopic (exact) mass is 401 g/mol. The van der Waals surface area contributed by atoms with Crippen molar-refractivity contribution in [1.82, 2.24) is 0 Å². The number of carbonyl (C=O) groups is 2. The van der Waals surface area contributed by atoms with Gasteiger partial charge in [0.05, 0.1) is 11.3 Å². The average molecular weight is 402 g/mol. The van der Waals surface area contributed by atoms with Crippen molar-refractivity contribution in [2.24, 2.45) is 0 Å². The first-order valence-electron chi connectivity index (χ1n) is 10.4. The molecule has 0 radical (unpaired) electrons. The van der Waals surface area contributed by atoms with Gasteiger partial charge in [0.15, 0.2) is 0 Å². The van der Waals surface area contributed by atoms with Crippen molar-refractivity contribution in [3.63, 3.8) is 0 Å². The number of para-hydroxylation sites is 1. The lowest BCUT2D eigenvalue weighted by Gasteiger charge is -2.08. The van der Waals surface area contributed by atoms with Crippen LogP contribution in [0.1, 0.15) is 54.4 Å². The van der Waals surface area contributed by atoms with Gasteiger partial charge in [0.1, 0.15) is 0 Å². The third-order valence-corrected chi connectivity index (χ3v) is 5.04. The summed E-state index contributed by atoms with van der Waals surface area (Å²) in [6, 6.07) is 21.3. The number of carboxylic acid groups (broad SMARTS) is 1. The Morgan fingerprint density at radius 1 is 0.833 bits per heavy atom. The van der Waals surface area contributed by atoms with Crippen LogP contribution in [0.5, 0.6) is 0 Å². The number of carbonyl (C=O) groups excluding carboxylic acids is 1. The third kappa shape index (κ3) is 6.31. The van der Waals surface area contributed by atoms with Gasteiger partial charge in [-0.2, -0.15) is 0 Å². The van der Waals surface area contributed by atoms with E-state index < -0.39 is 5.97 Å². The number of allylic oxidation sites excluding steroid dienone is 1. The summed E-state index contributed by atoms with van der Waals surface area (Å²) in [6.07, 6.45) is 9.74. The van der Waals surface area contributed by atoms with Crippen molar-refractivity contribution in [2.45, 2.75) is 38.5 Å². The smallest absolute Gasteiger partial charge is 0.337 e. The van der Waals surface area contributed by atoms with Crippen molar-refractivity contribution in [3.8, 4) is 0 Å². The Hall–Kier alpha value is -3.40. The van der Waals surface area contributed by atoms with Crippen molar-refractivity contribution < 1.29 is 14.7 Å². The molecule has 0 aromatic heterocycles. The molecular formula is C26H27NO3. The number of rotatable bonds is 10. The predicted molar refractivity (Wildman–Crippen MR) is 123 cm³/mol. The SMILES string of the molecule is O=C(CCCCCCC=Cc1ccc2ccccc2c1)Nc1ccccc1C(=O)O. The number of carboxylic acids is 1. The van der Waals surface area contributed by atoms with Crippen LogP contribution in [0, 0.1) is 0 Å². The van der Waals surface area contributed by atoms with Gasteiger partial charge in [-0.1, -0.05) is 73.5 Å². The van der Waals surface area contributed by atoms with E-state index in [-0.39, 0.29) is 11.5 Å². The second-order valence-corrected chi connectivity index (χ2v) is 7.36. The summed E-state index contributed by atoms with van der Waals surface area (Å²) in [5.41, 5.74) is 1.69. The molecule has 0 fully saturated rings. The van der Waals surface area contributed by atoms with E-state index in [4.69, 9.17) is 5.11 Å². The summed E-state index contributed by atoms with van der Waals surface area (Å²) >= 11 is 0. The lowest BCUT2D eigenvalue weighted by Crippen LogP contribution is -2.14. The quantitative estimate of drug-likeness (QED) is 0.380. The molecule has 0 unspecified atom stereocenters. The van der Waals surface area contributed by atoms with Gasteiger partial charge in [-0.05, 0) is 53.8 Å². The van der Waals surface area contributed by atoms with Gasteiger partial charge in [-0.3, -0.25) is 4.79 Å². The van der Waals surface area contributed by atoms with Crippen molar-refractivity contribution in [3.05, 3.63) is 83.9 Å². The first-order chi connectivity index (χ1) is 14.6. The first kappa shape index (κ1) is 21.3. The van der Waals surface area contributed by atoms with Gasteiger partial charge in [-0.25, -0.2) is 4.79 Å². The van der Waals surface area contributed by atoms with Gasteiger partial charge >= 0.3 is 5.97 Å². The molecule has 0 heterocycles. The van der Waals surface area contributed by atoms with Crippen LogP contribution in [-0.2, 0) is 4.79 Å². The van der Waals surface area contributed by atoms with E-state index in [1.54, 1.807) is 18.2 Å². The molecule has 4 nitrogen and oxygen atoms in total. The number of anilines is 1. The van der Waals surface area contributed by atoms with Gasteiger partial charge in [0, 0.05) is 6.42 Å². The van der Waals surface area contributed by atoms with E-state index in [2.05, 4.69) is 59.9 Å². The van der Waals surface area contributed by atoms with Crippen LogP contribution < -0.4 is 5.32 Å². The molecule has 154 valence electrons. The summed E-state index contributed by atoms with van der Waals surface area (Å²) in [5.74, 6) is -1.18. The molecular weight excluding hydrogens is 374 g/mol. The minimum Gasteiger partial charge on any atom is -0.478 e. The molecule has 3 aromatic carbocycles. The maximum absolute atomic E-state index is 12.1. The van der Waals surface area contributed by atoms with Crippen LogP contribution in [-0.4, -0.2) is 17.0 Å². The molecule has 4 heteroatoms.